The third-order valence-corrected chi connectivity index (χ3v) is 6.17. The third kappa shape index (κ3) is 4.11. The number of thioether (sulfide) groups is 1. The van der Waals surface area contributed by atoms with Crippen molar-refractivity contribution in [1.82, 2.24) is 0 Å². The second-order valence-electron chi connectivity index (χ2n) is 6.97. The predicted octanol–water partition coefficient (Wildman–Crippen LogP) is 5.06. The van der Waals surface area contributed by atoms with E-state index in [4.69, 9.17) is 9.47 Å². The van der Waals surface area contributed by atoms with Crippen LogP contribution in [0.3, 0.4) is 0 Å². The fourth-order valence-electron chi connectivity index (χ4n) is 3.44. The van der Waals surface area contributed by atoms with E-state index >= 15 is 0 Å². The molecule has 7 heteroatoms. The highest BCUT2D eigenvalue weighted by Crippen LogP contribution is 2.41. The number of hydrogen-bond acceptors (Lipinski definition) is 5. The van der Waals surface area contributed by atoms with E-state index in [0.717, 1.165) is 10.5 Å². The van der Waals surface area contributed by atoms with Crippen molar-refractivity contribution in [2.45, 2.75) is 5.75 Å². The van der Waals surface area contributed by atoms with Gasteiger partial charge in [0.15, 0.2) is 11.5 Å². The zero-order valence-electron chi connectivity index (χ0n) is 17.5. The SMILES string of the molecule is COc1ccc(N2C(=O)C(SCc3ccccc3)=C(c3ccc(F)cc3)C2=O)cc1OC. The number of halogens is 1. The van der Waals surface area contributed by atoms with E-state index in [0.29, 0.717) is 33.4 Å². The van der Waals surface area contributed by atoms with Crippen molar-refractivity contribution < 1.29 is 23.5 Å². The summed E-state index contributed by atoms with van der Waals surface area (Å²) >= 11 is 1.29. The second kappa shape index (κ2) is 9.28. The number of ether oxygens (including phenoxy) is 2. The van der Waals surface area contributed by atoms with Gasteiger partial charge in [0.1, 0.15) is 5.82 Å². The second-order valence-corrected chi connectivity index (χ2v) is 7.96. The molecular formula is C25H20FNO4S. The smallest absolute Gasteiger partial charge is 0.272 e. The number of nitrogens with zero attached hydrogens (tertiary/aromatic N) is 1. The Morgan fingerprint density at radius 2 is 1.53 bits per heavy atom. The predicted molar refractivity (Wildman–Crippen MR) is 123 cm³/mol. The summed E-state index contributed by atoms with van der Waals surface area (Å²) in [6.07, 6.45) is 0. The normalized spacial score (nSPS) is 13.7. The molecule has 1 heterocycles. The van der Waals surface area contributed by atoms with Gasteiger partial charge in [-0.25, -0.2) is 9.29 Å². The van der Waals surface area contributed by atoms with Gasteiger partial charge in [-0.3, -0.25) is 9.59 Å². The molecule has 5 nitrogen and oxygen atoms in total. The molecule has 0 saturated carbocycles. The molecule has 32 heavy (non-hydrogen) atoms. The fourth-order valence-corrected chi connectivity index (χ4v) is 4.51. The maximum Gasteiger partial charge on any atom is 0.272 e. The van der Waals surface area contributed by atoms with Gasteiger partial charge in [-0.2, -0.15) is 0 Å². The number of benzene rings is 3. The zero-order valence-corrected chi connectivity index (χ0v) is 18.3. The Morgan fingerprint density at radius 1 is 0.844 bits per heavy atom. The molecule has 0 N–H and O–H groups in total. The summed E-state index contributed by atoms with van der Waals surface area (Å²) < 4.78 is 24.1. The Hall–Kier alpha value is -3.58. The van der Waals surface area contributed by atoms with Crippen LogP contribution in [0.4, 0.5) is 10.1 Å². The lowest BCUT2D eigenvalue weighted by Gasteiger charge is -2.17. The summed E-state index contributed by atoms with van der Waals surface area (Å²) in [5.41, 5.74) is 2.13. The van der Waals surface area contributed by atoms with Crippen molar-refractivity contribution in [2.24, 2.45) is 0 Å². The van der Waals surface area contributed by atoms with Crippen LogP contribution < -0.4 is 14.4 Å². The standard InChI is InChI=1S/C25H20FNO4S/c1-30-20-13-12-19(14-21(20)31-2)27-24(28)22(17-8-10-18(26)11-9-17)23(25(27)29)32-15-16-6-4-3-5-7-16/h3-14H,15H2,1-2H3. The third-order valence-electron chi connectivity index (χ3n) is 5.03. The fraction of sp³-hybridized carbons (Fsp3) is 0.120. The highest BCUT2D eigenvalue weighted by molar-refractivity contribution is 8.03. The lowest BCUT2D eigenvalue weighted by molar-refractivity contribution is -0.119. The molecule has 0 saturated heterocycles. The molecule has 1 aliphatic rings. The van der Waals surface area contributed by atoms with Gasteiger partial charge in [0.25, 0.3) is 11.8 Å². The Kier molecular flexibility index (Phi) is 6.28. The lowest BCUT2D eigenvalue weighted by atomic mass is 10.1. The van der Waals surface area contributed by atoms with Crippen LogP contribution in [0, 0.1) is 5.82 Å². The number of hydrogen-bond donors (Lipinski definition) is 0. The Balaban J connectivity index is 1.75. The minimum absolute atomic E-state index is 0.255. The topological polar surface area (TPSA) is 55.8 Å². The summed E-state index contributed by atoms with van der Waals surface area (Å²) in [6.45, 7) is 0. The average Bonchev–Trinajstić information content (AvgIpc) is 3.07. The first kappa shape index (κ1) is 21.6. The Labute approximate surface area is 189 Å². The number of anilines is 1. The number of methoxy groups -OCH3 is 2. The van der Waals surface area contributed by atoms with Crippen LogP contribution in [0.15, 0.2) is 77.7 Å². The summed E-state index contributed by atoms with van der Waals surface area (Å²) in [6, 6.07) is 20.1. The van der Waals surface area contributed by atoms with Crippen LogP contribution in [-0.4, -0.2) is 26.0 Å². The summed E-state index contributed by atoms with van der Waals surface area (Å²) in [5, 5.41) is 0. The molecule has 0 fully saturated rings. The maximum absolute atomic E-state index is 13.5. The molecule has 4 rings (SSSR count). The average molecular weight is 450 g/mol. The maximum atomic E-state index is 13.5. The molecule has 0 bridgehead atoms. The highest BCUT2D eigenvalue weighted by Gasteiger charge is 2.40. The lowest BCUT2D eigenvalue weighted by Crippen LogP contribution is -2.31. The molecule has 0 aromatic heterocycles. The molecule has 0 radical (unpaired) electrons. The summed E-state index contributed by atoms with van der Waals surface area (Å²) in [5.74, 6) is 0.0907. The van der Waals surface area contributed by atoms with Gasteiger partial charge in [-0.15, -0.1) is 11.8 Å². The van der Waals surface area contributed by atoms with Crippen LogP contribution in [-0.2, 0) is 15.3 Å². The molecule has 0 atom stereocenters. The molecule has 0 unspecified atom stereocenters. The van der Waals surface area contributed by atoms with Gasteiger partial charge in [0.05, 0.1) is 30.4 Å². The van der Waals surface area contributed by atoms with Crippen molar-refractivity contribution in [3.63, 3.8) is 0 Å². The first-order valence-corrected chi connectivity index (χ1v) is 10.8. The molecule has 3 aromatic rings. The van der Waals surface area contributed by atoms with Crippen LogP contribution >= 0.6 is 11.8 Å². The molecular weight excluding hydrogens is 429 g/mol. The van der Waals surface area contributed by atoms with Crippen LogP contribution in [0.2, 0.25) is 0 Å². The highest BCUT2D eigenvalue weighted by atomic mass is 32.2. The molecule has 1 aliphatic heterocycles. The van der Waals surface area contributed by atoms with Gasteiger partial charge >= 0.3 is 0 Å². The number of carbonyl (C=O) groups excluding carboxylic acids is 2. The molecule has 2 amide bonds. The largest absolute Gasteiger partial charge is 0.493 e. The zero-order chi connectivity index (χ0) is 22.7. The van der Waals surface area contributed by atoms with Crippen molar-refractivity contribution in [1.29, 1.82) is 0 Å². The summed E-state index contributed by atoms with van der Waals surface area (Å²) in [7, 11) is 2.99. The van der Waals surface area contributed by atoms with Crippen LogP contribution in [0.25, 0.3) is 5.57 Å². The monoisotopic (exact) mass is 449 g/mol. The molecule has 0 spiro atoms. The van der Waals surface area contributed by atoms with Gasteiger partial charge in [0, 0.05) is 11.8 Å². The van der Waals surface area contributed by atoms with E-state index in [1.54, 1.807) is 18.2 Å². The number of rotatable bonds is 7. The van der Waals surface area contributed by atoms with E-state index in [1.807, 2.05) is 30.3 Å². The van der Waals surface area contributed by atoms with Crippen LogP contribution in [0.1, 0.15) is 11.1 Å². The number of carbonyl (C=O) groups is 2. The van der Waals surface area contributed by atoms with Gasteiger partial charge in [-0.1, -0.05) is 42.5 Å². The van der Waals surface area contributed by atoms with Gasteiger partial charge in [-0.05, 0) is 35.4 Å². The van der Waals surface area contributed by atoms with E-state index < -0.39 is 17.6 Å². The minimum Gasteiger partial charge on any atom is -0.493 e. The van der Waals surface area contributed by atoms with Gasteiger partial charge in [0.2, 0.25) is 0 Å². The quantitative estimate of drug-likeness (QED) is 0.472. The van der Waals surface area contributed by atoms with E-state index in [2.05, 4.69) is 0 Å². The van der Waals surface area contributed by atoms with E-state index in [-0.39, 0.29) is 5.57 Å². The number of amides is 2. The Bertz CT molecular complexity index is 1190. The number of imide groups is 1. The van der Waals surface area contributed by atoms with Crippen molar-refractivity contribution >= 4 is 34.8 Å². The van der Waals surface area contributed by atoms with Crippen molar-refractivity contribution in [2.75, 3.05) is 19.1 Å². The van der Waals surface area contributed by atoms with Gasteiger partial charge < -0.3 is 9.47 Å². The van der Waals surface area contributed by atoms with Crippen LogP contribution in [0.5, 0.6) is 11.5 Å². The Morgan fingerprint density at radius 3 is 2.19 bits per heavy atom. The molecule has 3 aromatic carbocycles. The van der Waals surface area contributed by atoms with E-state index in [9.17, 15) is 14.0 Å². The minimum atomic E-state index is -0.468. The van der Waals surface area contributed by atoms with Crippen molar-refractivity contribution in [3.05, 3.63) is 94.6 Å². The molecule has 162 valence electrons. The summed E-state index contributed by atoms with van der Waals surface area (Å²) in [4.78, 5) is 28.3. The van der Waals surface area contributed by atoms with Crippen molar-refractivity contribution in [3.8, 4) is 11.5 Å². The first-order valence-electron chi connectivity index (χ1n) is 9.81. The molecule has 0 aliphatic carbocycles. The van der Waals surface area contributed by atoms with E-state index in [1.165, 1.54) is 50.2 Å². The first-order chi connectivity index (χ1) is 15.5.